The summed E-state index contributed by atoms with van der Waals surface area (Å²) in [6.07, 6.45) is 6.96. The van der Waals surface area contributed by atoms with E-state index < -0.39 is 0 Å². The first kappa shape index (κ1) is 18.3. The van der Waals surface area contributed by atoms with Crippen molar-refractivity contribution in [3.05, 3.63) is 78.4 Å². The second-order valence-corrected chi connectivity index (χ2v) is 6.67. The number of carbonyl (C=O) groups is 1. The minimum atomic E-state index is -0.135. The van der Waals surface area contributed by atoms with Crippen molar-refractivity contribution in [2.75, 3.05) is 32.8 Å². The zero-order chi connectivity index (χ0) is 19.2. The Morgan fingerprint density at radius 1 is 1.11 bits per heavy atom. The van der Waals surface area contributed by atoms with Crippen LogP contribution in [0.4, 0.5) is 0 Å². The Bertz CT molecular complexity index is 891. The topological polar surface area (TPSA) is 72.3 Å². The van der Waals surface area contributed by atoms with Crippen LogP contribution in [0, 0.1) is 0 Å². The molecule has 1 aliphatic heterocycles. The number of nitrogens with zero attached hydrogens (tertiary/aromatic N) is 4. The van der Waals surface area contributed by atoms with E-state index in [1.807, 2.05) is 48.7 Å². The van der Waals surface area contributed by atoms with Crippen LogP contribution in [0.5, 0.6) is 0 Å². The van der Waals surface area contributed by atoms with Gasteiger partial charge in [0.2, 0.25) is 0 Å². The fourth-order valence-corrected chi connectivity index (χ4v) is 3.37. The molecule has 28 heavy (non-hydrogen) atoms. The number of hydrogen-bond donors (Lipinski definition) is 1. The second kappa shape index (κ2) is 8.77. The first-order chi connectivity index (χ1) is 13.8. The van der Waals surface area contributed by atoms with Crippen molar-refractivity contribution < 1.29 is 9.53 Å². The van der Waals surface area contributed by atoms with E-state index in [0.29, 0.717) is 25.3 Å². The molecule has 7 heteroatoms. The van der Waals surface area contributed by atoms with Gasteiger partial charge in [-0.25, -0.2) is 4.68 Å². The summed E-state index contributed by atoms with van der Waals surface area (Å²) in [6.45, 7) is 3.58. The molecule has 7 nitrogen and oxygen atoms in total. The quantitative estimate of drug-likeness (QED) is 0.712. The number of para-hydroxylation sites is 1. The molecule has 0 spiro atoms. The summed E-state index contributed by atoms with van der Waals surface area (Å²) < 4.78 is 7.17. The molecule has 3 heterocycles. The number of rotatable bonds is 6. The van der Waals surface area contributed by atoms with Crippen molar-refractivity contribution in [3.63, 3.8) is 0 Å². The van der Waals surface area contributed by atoms with Gasteiger partial charge in [0, 0.05) is 38.2 Å². The summed E-state index contributed by atoms with van der Waals surface area (Å²) in [4.78, 5) is 19.3. The molecule has 2 aromatic heterocycles. The zero-order valence-corrected chi connectivity index (χ0v) is 15.6. The molecule has 144 valence electrons. The van der Waals surface area contributed by atoms with E-state index >= 15 is 0 Å². The first-order valence-electron chi connectivity index (χ1n) is 9.41. The predicted molar refractivity (Wildman–Crippen MR) is 105 cm³/mol. The predicted octanol–water partition coefficient (Wildman–Crippen LogP) is 2.07. The van der Waals surface area contributed by atoms with Gasteiger partial charge in [-0.05, 0) is 23.8 Å². The Kier molecular flexibility index (Phi) is 5.75. The van der Waals surface area contributed by atoms with Crippen LogP contribution in [0.2, 0.25) is 0 Å². The molecule has 0 radical (unpaired) electrons. The number of morpholine rings is 1. The highest BCUT2D eigenvalue weighted by molar-refractivity contribution is 5.93. The fraction of sp³-hybridized carbons (Fsp3) is 0.286. The van der Waals surface area contributed by atoms with Gasteiger partial charge in [-0.2, -0.15) is 5.10 Å². The Hall–Kier alpha value is -3.03. The molecule has 0 bridgehead atoms. The third-order valence-electron chi connectivity index (χ3n) is 4.88. The summed E-state index contributed by atoms with van der Waals surface area (Å²) in [5, 5.41) is 7.36. The van der Waals surface area contributed by atoms with E-state index in [4.69, 9.17) is 4.74 Å². The van der Waals surface area contributed by atoms with Crippen molar-refractivity contribution in [2.24, 2.45) is 0 Å². The van der Waals surface area contributed by atoms with Crippen molar-refractivity contribution in [2.45, 2.75) is 6.04 Å². The average molecular weight is 377 g/mol. The standard InChI is InChI=1S/C21H23N5O2/c27-21(18-14-24-26(16-18)19-6-2-1-3-7-19)23-15-20(17-5-4-8-22-13-17)25-9-11-28-12-10-25/h1-8,13-14,16,20H,9-12,15H2,(H,23,27)/t20-/m1/s1. The molecule has 0 aliphatic carbocycles. The summed E-state index contributed by atoms with van der Waals surface area (Å²) in [5.41, 5.74) is 2.54. The first-order valence-corrected chi connectivity index (χ1v) is 9.41. The van der Waals surface area contributed by atoms with Gasteiger partial charge in [0.05, 0.1) is 36.7 Å². The lowest BCUT2D eigenvalue weighted by molar-refractivity contribution is 0.0161. The molecule has 1 saturated heterocycles. The van der Waals surface area contributed by atoms with Gasteiger partial charge in [-0.3, -0.25) is 14.7 Å². The van der Waals surface area contributed by atoms with Gasteiger partial charge in [0.15, 0.2) is 0 Å². The van der Waals surface area contributed by atoms with Crippen molar-refractivity contribution in [3.8, 4) is 5.69 Å². The van der Waals surface area contributed by atoms with E-state index in [9.17, 15) is 4.79 Å². The van der Waals surface area contributed by atoms with Crippen LogP contribution in [-0.4, -0.2) is 58.4 Å². The number of benzene rings is 1. The molecule has 1 fully saturated rings. The van der Waals surface area contributed by atoms with E-state index in [1.165, 1.54) is 0 Å². The summed E-state index contributed by atoms with van der Waals surface area (Å²) >= 11 is 0. The van der Waals surface area contributed by atoms with E-state index in [0.717, 1.165) is 24.3 Å². The van der Waals surface area contributed by atoms with Crippen molar-refractivity contribution >= 4 is 5.91 Å². The lowest BCUT2D eigenvalue weighted by Gasteiger charge is -2.34. The molecule has 3 aromatic rings. The fourth-order valence-electron chi connectivity index (χ4n) is 3.37. The Balaban J connectivity index is 1.45. The monoisotopic (exact) mass is 377 g/mol. The third-order valence-corrected chi connectivity index (χ3v) is 4.88. The Morgan fingerprint density at radius 2 is 1.93 bits per heavy atom. The van der Waals surface area contributed by atoms with Gasteiger partial charge in [-0.15, -0.1) is 0 Å². The highest BCUT2D eigenvalue weighted by Crippen LogP contribution is 2.20. The number of nitrogens with one attached hydrogen (secondary N) is 1. The lowest BCUT2D eigenvalue weighted by atomic mass is 10.1. The van der Waals surface area contributed by atoms with E-state index in [2.05, 4.69) is 20.3 Å². The molecule has 4 rings (SSSR count). The summed E-state index contributed by atoms with van der Waals surface area (Å²) in [7, 11) is 0. The van der Waals surface area contributed by atoms with Crippen LogP contribution < -0.4 is 5.32 Å². The molecule has 1 aliphatic rings. The number of ether oxygens (including phenoxy) is 1. The maximum atomic E-state index is 12.7. The number of amides is 1. The molecular formula is C21H23N5O2. The van der Waals surface area contributed by atoms with Crippen LogP contribution in [0.25, 0.3) is 5.69 Å². The number of aromatic nitrogens is 3. The van der Waals surface area contributed by atoms with E-state index in [1.54, 1.807) is 23.3 Å². The van der Waals surface area contributed by atoms with Gasteiger partial charge in [0.1, 0.15) is 0 Å². The maximum absolute atomic E-state index is 12.7. The molecule has 0 unspecified atom stereocenters. The van der Waals surface area contributed by atoms with Crippen molar-refractivity contribution in [1.82, 2.24) is 25.0 Å². The summed E-state index contributed by atoms with van der Waals surface area (Å²) in [6, 6.07) is 13.8. The van der Waals surface area contributed by atoms with E-state index in [-0.39, 0.29) is 11.9 Å². The largest absolute Gasteiger partial charge is 0.379 e. The highest BCUT2D eigenvalue weighted by atomic mass is 16.5. The number of hydrogen-bond acceptors (Lipinski definition) is 5. The third kappa shape index (κ3) is 4.27. The second-order valence-electron chi connectivity index (χ2n) is 6.67. The maximum Gasteiger partial charge on any atom is 0.254 e. The Morgan fingerprint density at radius 3 is 2.68 bits per heavy atom. The molecule has 0 saturated carbocycles. The van der Waals surface area contributed by atoms with Crippen LogP contribution in [0.3, 0.4) is 0 Å². The molecule has 1 aromatic carbocycles. The van der Waals surface area contributed by atoms with Gasteiger partial charge in [-0.1, -0.05) is 24.3 Å². The van der Waals surface area contributed by atoms with Crippen LogP contribution >= 0.6 is 0 Å². The number of carbonyl (C=O) groups excluding carboxylic acids is 1. The van der Waals surface area contributed by atoms with Gasteiger partial charge in [0.25, 0.3) is 5.91 Å². The smallest absolute Gasteiger partial charge is 0.254 e. The Labute approximate surface area is 164 Å². The van der Waals surface area contributed by atoms with Crippen molar-refractivity contribution in [1.29, 1.82) is 0 Å². The highest BCUT2D eigenvalue weighted by Gasteiger charge is 2.23. The molecule has 1 atom stereocenters. The van der Waals surface area contributed by atoms with Gasteiger partial charge < -0.3 is 10.1 Å². The molecule has 1 amide bonds. The normalized spacial score (nSPS) is 15.9. The number of pyridine rings is 1. The molecule has 1 N–H and O–H groups in total. The van der Waals surface area contributed by atoms with Gasteiger partial charge >= 0.3 is 0 Å². The van der Waals surface area contributed by atoms with Crippen LogP contribution in [-0.2, 0) is 4.74 Å². The average Bonchev–Trinajstić information content (AvgIpc) is 3.26. The molecular weight excluding hydrogens is 354 g/mol. The lowest BCUT2D eigenvalue weighted by Crippen LogP contribution is -2.43. The summed E-state index contributed by atoms with van der Waals surface area (Å²) in [5.74, 6) is -0.135. The zero-order valence-electron chi connectivity index (χ0n) is 15.6. The minimum absolute atomic E-state index is 0.0609. The van der Waals surface area contributed by atoms with Crippen LogP contribution in [0.15, 0.2) is 67.3 Å². The van der Waals surface area contributed by atoms with Crippen LogP contribution in [0.1, 0.15) is 22.0 Å². The minimum Gasteiger partial charge on any atom is -0.379 e. The SMILES string of the molecule is O=C(NC[C@H](c1cccnc1)N1CCOCC1)c1cnn(-c2ccccc2)c1.